The average Bonchev–Trinajstić information content (AvgIpc) is 1.35. The Kier molecular flexibility index (Phi) is 3.20. The average molecular weight is 124 g/mol. The fourth-order valence-corrected chi connectivity index (χ4v) is 0.260. The lowest BCUT2D eigenvalue weighted by atomic mass is 11.4. The molecule has 0 heterocycles. The predicted octanol–water partition coefficient (Wildman–Crippen LogP) is -0.231. The van der Waals surface area contributed by atoms with Crippen molar-refractivity contribution >= 4 is 29.6 Å². The first-order valence-electron chi connectivity index (χ1n) is 1.10. The summed E-state index contributed by atoms with van der Waals surface area (Å²) in [6.07, 6.45) is 0. The fraction of sp³-hybridized carbons (Fsp3) is 0. The summed E-state index contributed by atoms with van der Waals surface area (Å²) in [5.41, 5.74) is 4.81. The molecular weight excluding hydrogens is 120 g/mol. The normalized spacial score (nSPS) is 7.50. The van der Waals surface area contributed by atoms with Gasteiger partial charge in [0.15, 0.2) is 0 Å². The van der Waals surface area contributed by atoms with Crippen LogP contribution in [0, 0.1) is 0 Å². The summed E-state index contributed by atoms with van der Waals surface area (Å²) in [4.78, 5) is 0. The van der Waals surface area contributed by atoms with Crippen molar-refractivity contribution in [3.05, 3.63) is 0 Å². The highest BCUT2D eigenvalue weighted by molar-refractivity contribution is 7.93. The molecule has 0 aliphatic carbocycles. The molecule has 0 saturated carbocycles. The van der Waals surface area contributed by atoms with Crippen LogP contribution in [0.3, 0.4) is 0 Å². The fourth-order valence-electron chi connectivity index (χ4n) is 0.0474. The molecule has 0 aromatic rings. The van der Waals surface area contributed by atoms with E-state index in [-0.39, 0.29) is 5.17 Å². The highest BCUT2D eigenvalue weighted by Crippen LogP contribution is 1.85. The van der Waals surface area contributed by atoms with Crippen molar-refractivity contribution in [3.8, 4) is 0 Å². The molecule has 0 aromatic heterocycles. The summed E-state index contributed by atoms with van der Waals surface area (Å²) in [6.45, 7) is 0. The molecule has 0 atom stereocenters. The van der Waals surface area contributed by atoms with Crippen LogP contribution in [0.5, 0.6) is 0 Å². The van der Waals surface area contributed by atoms with E-state index >= 15 is 0 Å². The topological polar surface area (TPSA) is 61.3 Å². The smallest absolute Gasteiger partial charge is 0.268 e. The largest absolute Gasteiger partial charge is 0.382 e. The molecule has 5 heteroatoms. The molecule has 0 aliphatic heterocycles. The zero-order valence-corrected chi connectivity index (χ0v) is 4.51. The van der Waals surface area contributed by atoms with E-state index in [0.717, 1.165) is 0 Å². The Morgan fingerprint density at radius 3 is 2.33 bits per heavy atom. The minimum Gasteiger partial charge on any atom is -0.382 e. The van der Waals surface area contributed by atoms with Gasteiger partial charge in [-0.25, -0.2) is 5.14 Å². The number of rotatable bonds is 1. The Labute approximate surface area is 45.4 Å². The van der Waals surface area contributed by atoms with Gasteiger partial charge >= 0.3 is 0 Å². The molecule has 0 aromatic carbocycles. The molecule has 0 aliphatic rings. The van der Waals surface area contributed by atoms with Crippen LogP contribution < -0.4 is 10.9 Å². The van der Waals surface area contributed by atoms with E-state index in [1.54, 1.807) is 0 Å². The van der Waals surface area contributed by atoms with Gasteiger partial charge in [-0.05, 0) is 12.2 Å². The molecular formula is CH4N2OS2. The first-order chi connectivity index (χ1) is 2.77. The van der Waals surface area contributed by atoms with Gasteiger partial charge in [-0.2, -0.15) is 0 Å². The maximum Gasteiger partial charge on any atom is 0.268 e. The maximum absolute atomic E-state index is 4.81. The molecule has 0 saturated heterocycles. The highest BCUT2D eigenvalue weighted by atomic mass is 32.2. The Morgan fingerprint density at radius 1 is 1.83 bits per heavy atom. The first-order valence-corrected chi connectivity index (χ1v) is 2.31. The highest BCUT2D eigenvalue weighted by Gasteiger charge is 1.79. The van der Waals surface area contributed by atoms with E-state index in [0.29, 0.717) is 12.2 Å². The van der Waals surface area contributed by atoms with Gasteiger partial charge in [0.2, 0.25) is 0 Å². The van der Waals surface area contributed by atoms with Gasteiger partial charge in [0.25, 0.3) is 5.17 Å². The van der Waals surface area contributed by atoms with Gasteiger partial charge < -0.3 is 9.92 Å². The van der Waals surface area contributed by atoms with E-state index < -0.39 is 0 Å². The summed E-state index contributed by atoms with van der Waals surface area (Å²) >= 11 is 4.89. The van der Waals surface area contributed by atoms with E-state index in [1.807, 2.05) is 0 Å². The first kappa shape index (κ1) is 6.00. The molecule has 0 fully saturated rings. The summed E-state index contributed by atoms with van der Waals surface area (Å²) < 4.78 is 4.25. The van der Waals surface area contributed by atoms with Gasteiger partial charge in [0, 0.05) is 0 Å². The van der Waals surface area contributed by atoms with Crippen LogP contribution in [-0.4, -0.2) is 5.17 Å². The van der Waals surface area contributed by atoms with Crippen LogP contribution in [0.25, 0.3) is 0 Å². The molecule has 0 rings (SSSR count). The van der Waals surface area contributed by atoms with Crippen LogP contribution in [0.1, 0.15) is 0 Å². The molecule has 0 bridgehead atoms. The summed E-state index contributed by atoms with van der Waals surface area (Å²) in [6, 6.07) is 0. The van der Waals surface area contributed by atoms with Crippen molar-refractivity contribution in [1.29, 1.82) is 0 Å². The van der Waals surface area contributed by atoms with Crippen molar-refractivity contribution in [2.75, 3.05) is 0 Å². The Balaban J connectivity index is 2.83. The SMILES string of the molecule is NSOC(N)=S. The second-order valence-corrected chi connectivity index (χ2v) is 1.26. The van der Waals surface area contributed by atoms with Crippen molar-refractivity contribution in [2.24, 2.45) is 10.9 Å². The molecule has 6 heavy (non-hydrogen) atoms. The van der Waals surface area contributed by atoms with Gasteiger partial charge in [0.05, 0.1) is 0 Å². The molecule has 4 N–H and O–H groups in total. The molecule has 0 spiro atoms. The lowest BCUT2D eigenvalue weighted by molar-refractivity contribution is 0.654. The third-order valence-corrected chi connectivity index (χ3v) is 0.595. The Bertz CT molecular complexity index is 55.5. The van der Waals surface area contributed by atoms with E-state index in [4.69, 9.17) is 10.9 Å². The quantitative estimate of drug-likeness (QED) is 0.287. The third-order valence-electron chi connectivity index (χ3n) is 0.130. The Hall–Kier alpha value is -0.0000000000000000278. The van der Waals surface area contributed by atoms with Crippen molar-refractivity contribution < 1.29 is 4.18 Å². The molecule has 36 valence electrons. The van der Waals surface area contributed by atoms with E-state index in [1.165, 1.54) is 0 Å². The zero-order valence-electron chi connectivity index (χ0n) is 2.88. The minimum absolute atomic E-state index is 0.0394. The number of thiocarbonyl (C=S) groups is 1. The molecule has 0 amide bonds. The van der Waals surface area contributed by atoms with Gasteiger partial charge in [-0.3, -0.25) is 0 Å². The van der Waals surface area contributed by atoms with E-state index in [2.05, 4.69) is 16.4 Å². The van der Waals surface area contributed by atoms with Crippen molar-refractivity contribution in [1.82, 2.24) is 0 Å². The van der Waals surface area contributed by atoms with Crippen molar-refractivity contribution in [2.45, 2.75) is 0 Å². The number of hydrogen-bond donors (Lipinski definition) is 2. The van der Waals surface area contributed by atoms with Gasteiger partial charge in [-0.15, -0.1) is 0 Å². The Morgan fingerprint density at radius 2 is 2.33 bits per heavy atom. The standard InChI is InChI=1S/CH4N2OS2/c2-1(5)4-6-3/h3H2,(H2,2,5). The monoisotopic (exact) mass is 124 g/mol. The molecule has 0 unspecified atom stereocenters. The van der Waals surface area contributed by atoms with Crippen LogP contribution in [0.2, 0.25) is 0 Å². The second kappa shape index (κ2) is 3.20. The molecule has 0 radical (unpaired) electrons. The van der Waals surface area contributed by atoms with Crippen LogP contribution >= 0.6 is 24.4 Å². The second-order valence-electron chi connectivity index (χ2n) is 0.499. The number of hydrogen-bond acceptors (Lipinski definition) is 4. The summed E-state index contributed by atoms with van der Waals surface area (Å²) in [5, 5.41) is 4.72. The van der Waals surface area contributed by atoms with Crippen molar-refractivity contribution in [3.63, 3.8) is 0 Å². The lowest BCUT2D eigenvalue weighted by Gasteiger charge is -1.89. The number of nitrogens with two attached hydrogens (primary N) is 2. The van der Waals surface area contributed by atoms with Crippen LogP contribution in [-0.2, 0) is 4.18 Å². The van der Waals surface area contributed by atoms with Crippen LogP contribution in [0.15, 0.2) is 0 Å². The van der Waals surface area contributed by atoms with Gasteiger partial charge in [0.1, 0.15) is 12.2 Å². The van der Waals surface area contributed by atoms with E-state index in [9.17, 15) is 0 Å². The van der Waals surface area contributed by atoms with Gasteiger partial charge in [-0.1, -0.05) is 0 Å². The van der Waals surface area contributed by atoms with Crippen LogP contribution in [0.4, 0.5) is 0 Å². The predicted molar refractivity (Wildman–Crippen MR) is 29.6 cm³/mol. The summed E-state index contributed by atoms with van der Waals surface area (Å²) in [7, 11) is 0. The zero-order chi connectivity index (χ0) is 4.99. The third kappa shape index (κ3) is 4.00. The summed E-state index contributed by atoms with van der Waals surface area (Å²) in [5.74, 6) is 0. The maximum atomic E-state index is 4.81. The minimum atomic E-state index is -0.0394. The molecule has 3 nitrogen and oxygen atoms in total. The lowest BCUT2D eigenvalue weighted by Crippen LogP contribution is -2.08.